The number of rotatable bonds is 3. The first-order valence-corrected chi connectivity index (χ1v) is 5.65. The second kappa shape index (κ2) is 3.98. The molecule has 4 heteroatoms. The predicted molar refractivity (Wildman–Crippen MR) is 62.8 cm³/mol. The molecular weight excluding hydrogens is 226 g/mol. The number of phenolic OH excluding ortho intramolecular Hbond substituents is 1. The van der Waals surface area contributed by atoms with E-state index in [0.29, 0.717) is 11.6 Å². The van der Waals surface area contributed by atoms with Gasteiger partial charge in [0.25, 0.3) is 5.91 Å². The second-order valence-corrected chi connectivity index (χ2v) is 5.09. The highest BCUT2D eigenvalue weighted by Gasteiger charge is 2.37. The fourth-order valence-corrected chi connectivity index (χ4v) is 1.64. The number of halogens is 1. The van der Waals surface area contributed by atoms with E-state index in [2.05, 4.69) is 12.2 Å². The van der Waals surface area contributed by atoms with Crippen LogP contribution in [0.3, 0.4) is 0 Å². The summed E-state index contributed by atoms with van der Waals surface area (Å²) in [7, 11) is 0. The van der Waals surface area contributed by atoms with E-state index in [1.54, 1.807) is 6.07 Å². The maximum Gasteiger partial charge on any atom is 0.255 e. The van der Waals surface area contributed by atoms with E-state index in [0.717, 1.165) is 12.8 Å². The lowest BCUT2D eigenvalue weighted by Crippen LogP contribution is -2.28. The zero-order chi connectivity index (χ0) is 11.8. The highest BCUT2D eigenvalue weighted by molar-refractivity contribution is 6.30. The van der Waals surface area contributed by atoms with Crippen LogP contribution in [0.1, 0.15) is 30.1 Å². The minimum Gasteiger partial charge on any atom is -0.507 e. The molecule has 1 aliphatic rings. The van der Waals surface area contributed by atoms with Crippen LogP contribution in [-0.2, 0) is 0 Å². The van der Waals surface area contributed by atoms with Crippen molar-refractivity contribution >= 4 is 17.5 Å². The Hall–Kier alpha value is -1.22. The molecule has 2 rings (SSSR count). The van der Waals surface area contributed by atoms with Gasteiger partial charge in [0.1, 0.15) is 5.75 Å². The van der Waals surface area contributed by atoms with Crippen LogP contribution in [0.2, 0.25) is 5.02 Å². The van der Waals surface area contributed by atoms with E-state index < -0.39 is 0 Å². The quantitative estimate of drug-likeness (QED) is 0.852. The molecule has 0 atom stereocenters. The van der Waals surface area contributed by atoms with Gasteiger partial charge in [0, 0.05) is 11.6 Å². The van der Waals surface area contributed by atoms with E-state index in [1.807, 2.05) is 0 Å². The van der Waals surface area contributed by atoms with Crippen molar-refractivity contribution in [3.63, 3.8) is 0 Å². The van der Waals surface area contributed by atoms with Crippen LogP contribution in [-0.4, -0.2) is 17.6 Å². The first kappa shape index (κ1) is 11.3. The average Bonchev–Trinajstić information content (AvgIpc) is 2.94. The Kier molecular flexibility index (Phi) is 2.80. The number of carbonyl (C=O) groups is 1. The summed E-state index contributed by atoms with van der Waals surface area (Å²) >= 11 is 5.69. The maximum absolute atomic E-state index is 11.7. The molecule has 16 heavy (non-hydrogen) atoms. The molecule has 0 bridgehead atoms. The molecular formula is C12H14ClNO2. The predicted octanol–water partition coefficient (Wildman–Crippen LogP) is 2.58. The third kappa shape index (κ3) is 2.47. The molecule has 0 radical (unpaired) electrons. The van der Waals surface area contributed by atoms with Crippen LogP contribution in [0.25, 0.3) is 0 Å². The fourth-order valence-electron chi connectivity index (χ4n) is 1.48. The lowest BCUT2D eigenvalue weighted by molar-refractivity contribution is 0.0943. The van der Waals surface area contributed by atoms with Gasteiger partial charge in [-0.25, -0.2) is 0 Å². The molecule has 0 saturated heterocycles. The molecule has 0 heterocycles. The molecule has 1 amide bonds. The standard InChI is InChI=1S/C12H14ClNO2/c1-12(4-5-12)7-14-11(16)9-3-2-8(13)6-10(9)15/h2-3,6,15H,4-5,7H2,1H3,(H,14,16). The molecule has 0 aromatic heterocycles. The van der Waals surface area contributed by atoms with Crippen LogP contribution in [0.5, 0.6) is 5.75 Å². The zero-order valence-corrected chi connectivity index (χ0v) is 9.84. The largest absolute Gasteiger partial charge is 0.507 e. The van der Waals surface area contributed by atoms with Crippen molar-refractivity contribution in [1.82, 2.24) is 5.32 Å². The number of aromatic hydroxyl groups is 1. The Morgan fingerprint density at radius 2 is 2.25 bits per heavy atom. The van der Waals surface area contributed by atoms with Gasteiger partial charge in [-0.1, -0.05) is 18.5 Å². The summed E-state index contributed by atoms with van der Waals surface area (Å²) < 4.78 is 0. The summed E-state index contributed by atoms with van der Waals surface area (Å²) in [6, 6.07) is 4.49. The molecule has 0 aliphatic heterocycles. The van der Waals surface area contributed by atoms with Crippen molar-refractivity contribution in [1.29, 1.82) is 0 Å². The van der Waals surface area contributed by atoms with Gasteiger partial charge in [-0.2, -0.15) is 0 Å². The van der Waals surface area contributed by atoms with E-state index >= 15 is 0 Å². The Labute approximate surface area is 99.4 Å². The van der Waals surface area contributed by atoms with Gasteiger partial charge < -0.3 is 10.4 Å². The Morgan fingerprint density at radius 3 is 2.81 bits per heavy atom. The molecule has 1 aliphatic carbocycles. The highest BCUT2D eigenvalue weighted by Crippen LogP contribution is 2.44. The molecule has 86 valence electrons. The number of benzene rings is 1. The first-order valence-electron chi connectivity index (χ1n) is 5.27. The van der Waals surface area contributed by atoms with Gasteiger partial charge in [-0.05, 0) is 36.5 Å². The van der Waals surface area contributed by atoms with Crippen LogP contribution in [0, 0.1) is 5.41 Å². The van der Waals surface area contributed by atoms with Crippen molar-refractivity contribution in [3.8, 4) is 5.75 Å². The van der Waals surface area contributed by atoms with Gasteiger partial charge in [0.15, 0.2) is 0 Å². The van der Waals surface area contributed by atoms with Crippen molar-refractivity contribution in [2.24, 2.45) is 5.41 Å². The van der Waals surface area contributed by atoms with Crippen molar-refractivity contribution in [3.05, 3.63) is 28.8 Å². The Bertz CT molecular complexity index is 427. The second-order valence-electron chi connectivity index (χ2n) is 4.65. The van der Waals surface area contributed by atoms with Crippen LogP contribution in [0.15, 0.2) is 18.2 Å². The summed E-state index contributed by atoms with van der Waals surface area (Å²) in [4.78, 5) is 11.7. The summed E-state index contributed by atoms with van der Waals surface area (Å²) in [5.41, 5.74) is 0.534. The molecule has 0 spiro atoms. The molecule has 1 aromatic carbocycles. The molecule has 1 aromatic rings. The molecule has 2 N–H and O–H groups in total. The summed E-state index contributed by atoms with van der Waals surface area (Å²) in [6.45, 7) is 2.79. The normalized spacial score (nSPS) is 16.9. The van der Waals surface area contributed by atoms with Gasteiger partial charge in [-0.15, -0.1) is 0 Å². The van der Waals surface area contributed by atoms with Crippen molar-refractivity contribution in [2.75, 3.05) is 6.54 Å². The van der Waals surface area contributed by atoms with Crippen LogP contribution in [0.4, 0.5) is 0 Å². The number of carbonyl (C=O) groups excluding carboxylic acids is 1. The lowest BCUT2D eigenvalue weighted by atomic mass is 10.1. The smallest absolute Gasteiger partial charge is 0.255 e. The fraction of sp³-hybridized carbons (Fsp3) is 0.417. The average molecular weight is 240 g/mol. The lowest BCUT2D eigenvalue weighted by Gasteiger charge is -2.10. The minimum atomic E-state index is -0.248. The molecule has 3 nitrogen and oxygen atoms in total. The molecule has 0 unspecified atom stereocenters. The number of hydrogen-bond acceptors (Lipinski definition) is 2. The molecule has 1 saturated carbocycles. The third-order valence-electron chi connectivity index (χ3n) is 2.98. The minimum absolute atomic E-state index is 0.0778. The number of nitrogens with one attached hydrogen (secondary N) is 1. The number of amides is 1. The Balaban J connectivity index is 2.02. The highest BCUT2D eigenvalue weighted by atomic mass is 35.5. The van der Waals surface area contributed by atoms with Gasteiger partial charge in [0.05, 0.1) is 5.56 Å². The third-order valence-corrected chi connectivity index (χ3v) is 3.22. The molecule has 1 fully saturated rings. The van der Waals surface area contributed by atoms with E-state index in [-0.39, 0.29) is 22.6 Å². The maximum atomic E-state index is 11.7. The first-order chi connectivity index (χ1) is 7.50. The topological polar surface area (TPSA) is 49.3 Å². The van der Waals surface area contributed by atoms with Crippen molar-refractivity contribution in [2.45, 2.75) is 19.8 Å². The van der Waals surface area contributed by atoms with E-state index in [4.69, 9.17) is 11.6 Å². The van der Waals surface area contributed by atoms with Gasteiger partial charge >= 0.3 is 0 Å². The number of hydrogen-bond donors (Lipinski definition) is 2. The van der Waals surface area contributed by atoms with Gasteiger partial charge in [0.2, 0.25) is 0 Å². The SMILES string of the molecule is CC1(CNC(=O)c2ccc(Cl)cc2O)CC1. The monoisotopic (exact) mass is 239 g/mol. The van der Waals surface area contributed by atoms with Gasteiger partial charge in [-0.3, -0.25) is 4.79 Å². The summed E-state index contributed by atoms with van der Waals surface area (Å²) in [6.07, 6.45) is 2.31. The van der Waals surface area contributed by atoms with Crippen molar-refractivity contribution < 1.29 is 9.90 Å². The number of phenols is 1. The Morgan fingerprint density at radius 1 is 1.56 bits per heavy atom. The summed E-state index contributed by atoms with van der Waals surface area (Å²) in [5, 5.41) is 12.8. The zero-order valence-electron chi connectivity index (χ0n) is 9.09. The summed E-state index contributed by atoms with van der Waals surface area (Å²) in [5.74, 6) is -0.326. The van der Waals surface area contributed by atoms with E-state index in [1.165, 1.54) is 12.1 Å². The van der Waals surface area contributed by atoms with Crippen LogP contribution < -0.4 is 5.32 Å². The van der Waals surface area contributed by atoms with E-state index in [9.17, 15) is 9.90 Å². The van der Waals surface area contributed by atoms with Crippen LogP contribution >= 0.6 is 11.6 Å².